The van der Waals surface area contributed by atoms with Gasteiger partial charge in [-0.2, -0.15) is 0 Å². The van der Waals surface area contributed by atoms with E-state index in [0.717, 1.165) is 51.7 Å². The van der Waals surface area contributed by atoms with E-state index in [2.05, 4.69) is 20.5 Å². The van der Waals surface area contributed by atoms with E-state index in [1.165, 1.54) is 0 Å². The van der Waals surface area contributed by atoms with E-state index in [1.54, 1.807) is 83.2 Å². The normalized spacial score (nSPS) is 55.1. The van der Waals surface area contributed by atoms with Crippen molar-refractivity contribution < 1.29 is 0 Å². The van der Waals surface area contributed by atoms with Crippen LogP contribution in [0.5, 0.6) is 0 Å². The SMILES string of the molecule is CC(C)C[PH](C)(C12CC3CC(CC(C3)C1)C2)C12CC3CC(CC(C3)C1)C2. The minimum absolute atomic E-state index is 0.873. The molecule has 8 saturated carbocycles. The number of rotatable bonds is 4. The summed E-state index contributed by atoms with van der Waals surface area (Å²) in [5.74, 6) is 7.82. The third-order valence-electron chi connectivity index (χ3n) is 11.2. The Labute approximate surface area is 163 Å². The molecule has 0 nitrogen and oxygen atoms in total. The molecule has 0 aliphatic heterocycles. The Kier molecular flexibility index (Phi) is 3.67. The van der Waals surface area contributed by atoms with Gasteiger partial charge in [-0.25, -0.2) is 0 Å². The second-order valence-corrected chi connectivity index (χ2v) is 18.5. The first-order valence-corrected chi connectivity index (χ1v) is 15.1. The topological polar surface area (TPSA) is 0 Å². The molecule has 0 radical (unpaired) electrons. The van der Waals surface area contributed by atoms with Crippen molar-refractivity contribution in [2.75, 3.05) is 12.8 Å². The van der Waals surface area contributed by atoms with Crippen molar-refractivity contribution in [3.63, 3.8) is 0 Å². The molecule has 26 heavy (non-hydrogen) atoms. The number of hydrogen-bond donors (Lipinski definition) is 0. The molecule has 8 rings (SSSR count). The summed E-state index contributed by atoms with van der Waals surface area (Å²) < 4.78 is 0. The summed E-state index contributed by atoms with van der Waals surface area (Å²) in [5, 5.41) is 1.75. The summed E-state index contributed by atoms with van der Waals surface area (Å²) in [7, 11) is -1.32. The summed E-state index contributed by atoms with van der Waals surface area (Å²) in [6, 6.07) is 0. The molecule has 8 fully saturated rings. The van der Waals surface area contributed by atoms with E-state index in [1.807, 2.05) is 0 Å². The fourth-order valence-corrected chi connectivity index (χ4v) is 19.4. The molecular weight excluding hydrogens is 331 g/mol. The van der Waals surface area contributed by atoms with Gasteiger partial charge in [-0.1, -0.05) is 0 Å². The van der Waals surface area contributed by atoms with Crippen LogP contribution in [-0.2, 0) is 0 Å². The Morgan fingerprint density at radius 1 is 0.615 bits per heavy atom. The average molecular weight is 375 g/mol. The van der Waals surface area contributed by atoms with Gasteiger partial charge in [0.05, 0.1) is 0 Å². The molecule has 0 atom stereocenters. The molecule has 8 aliphatic carbocycles. The Morgan fingerprint density at radius 2 is 0.885 bits per heavy atom. The van der Waals surface area contributed by atoms with Crippen LogP contribution < -0.4 is 0 Å². The molecule has 0 spiro atoms. The van der Waals surface area contributed by atoms with Crippen molar-refractivity contribution in [2.24, 2.45) is 41.4 Å². The molecule has 0 aromatic rings. The predicted molar refractivity (Wildman–Crippen MR) is 116 cm³/mol. The first-order chi connectivity index (χ1) is 12.4. The van der Waals surface area contributed by atoms with Gasteiger partial charge in [-0.15, -0.1) is 0 Å². The monoisotopic (exact) mass is 374 g/mol. The summed E-state index contributed by atoms with van der Waals surface area (Å²) in [5.41, 5.74) is 0. The predicted octanol–water partition coefficient (Wildman–Crippen LogP) is 6.96. The standard InChI is InChI=1S/C25H43P/c1-17(2)16-26(3,24-10-18-4-19(11-24)6-20(5-18)12-24)25-13-21-7-22(14-25)9-23(8-21)15-25/h17-23,26H,4-16H2,1-3H3. The quantitative estimate of drug-likeness (QED) is 0.467. The van der Waals surface area contributed by atoms with Crippen LogP contribution in [0, 0.1) is 41.4 Å². The molecule has 0 amide bonds. The molecule has 148 valence electrons. The fraction of sp³-hybridized carbons (Fsp3) is 1.00. The average Bonchev–Trinajstić information content (AvgIpc) is 2.51. The molecule has 0 heterocycles. The molecule has 0 aromatic heterocycles. The Balaban J connectivity index is 1.45. The molecule has 1 heteroatoms. The van der Waals surface area contributed by atoms with Crippen LogP contribution >= 0.6 is 7.26 Å². The van der Waals surface area contributed by atoms with Gasteiger partial charge in [-0.3, -0.25) is 0 Å². The maximum absolute atomic E-state index is 3.02. The Morgan fingerprint density at radius 3 is 1.12 bits per heavy atom. The van der Waals surface area contributed by atoms with Crippen LogP contribution in [0.1, 0.15) is 90.9 Å². The second kappa shape index (κ2) is 5.52. The van der Waals surface area contributed by atoms with Crippen LogP contribution in [0.25, 0.3) is 0 Å². The first kappa shape index (κ1) is 17.3. The molecule has 0 saturated heterocycles. The Bertz CT molecular complexity index is 472. The third-order valence-corrected chi connectivity index (χ3v) is 18.8. The van der Waals surface area contributed by atoms with Gasteiger partial charge in [-0.05, 0) is 0 Å². The maximum atomic E-state index is 3.02. The summed E-state index contributed by atoms with van der Waals surface area (Å²) in [4.78, 5) is 0. The third kappa shape index (κ3) is 2.24. The van der Waals surface area contributed by atoms with E-state index in [4.69, 9.17) is 0 Å². The number of hydrogen-bond acceptors (Lipinski definition) is 0. The molecule has 0 unspecified atom stereocenters. The molecule has 8 bridgehead atoms. The van der Waals surface area contributed by atoms with Crippen LogP contribution in [0.3, 0.4) is 0 Å². The zero-order chi connectivity index (χ0) is 17.7. The Hall–Kier alpha value is 0.430. The van der Waals surface area contributed by atoms with Crippen molar-refractivity contribution in [2.45, 2.75) is 101 Å². The van der Waals surface area contributed by atoms with E-state index < -0.39 is 7.26 Å². The van der Waals surface area contributed by atoms with Crippen molar-refractivity contribution >= 4 is 7.26 Å². The molecular formula is C25H43P. The van der Waals surface area contributed by atoms with Gasteiger partial charge >= 0.3 is 163 Å². The summed E-state index contributed by atoms with van der Waals surface area (Å²) in [6.07, 6.45) is 21.6. The van der Waals surface area contributed by atoms with Crippen LogP contribution in [0.2, 0.25) is 0 Å². The van der Waals surface area contributed by atoms with E-state index in [9.17, 15) is 0 Å². The molecule has 0 N–H and O–H groups in total. The van der Waals surface area contributed by atoms with Crippen molar-refractivity contribution in [1.29, 1.82) is 0 Å². The van der Waals surface area contributed by atoms with Crippen molar-refractivity contribution in [1.82, 2.24) is 0 Å². The van der Waals surface area contributed by atoms with Crippen LogP contribution in [-0.4, -0.2) is 23.1 Å². The van der Waals surface area contributed by atoms with E-state index in [-0.39, 0.29) is 0 Å². The summed E-state index contributed by atoms with van der Waals surface area (Å²) >= 11 is 0. The van der Waals surface area contributed by atoms with Gasteiger partial charge in [0.1, 0.15) is 0 Å². The van der Waals surface area contributed by atoms with Crippen molar-refractivity contribution in [3.05, 3.63) is 0 Å². The van der Waals surface area contributed by atoms with Crippen molar-refractivity contribution in [3.8, 4) is 0 Å². The zero-order valence-corrected chi connectivity index (χ0v) is 18.7. The van der Waals surface area contributed by atoms with Crippen LogP contribution in [0.15, 0.2) is 0 Å². The van der Waals surface area contributed by atoms with Gasteiger partial charge in [0.25, 0.3) is 0 Å². The van der Waals surface area contributed by atoms with Gasteiger partial charge in [0.15, 0.2) is 0 Å². The second-order valence-electron chi connectivity index (χ2n) is 13.3. The minimum atomic E-state index is -1.32. The van der Waals surface area contributed by atoms with E-state index in [0.29, 0.717) is 0 Å². The fourth-order valence-electron chi connectivity index (χ4n) is 11.4. The van der Waals surface area contributed by atoms with Gasteiger partial charge in [0, 0.05) is 0 Å². The molecule has 8 aliphatic rings. The van der Waals surface area contributed by atoms with E-state index >= 15 is 0 Å². The first-order valence-electron chi connectivity index (χ1n) is 12.4. The zero-order valence-electron chi connectivity index (χ0n) is 17.7. The van der Waals surface area contributed by atoms with Gasteiger partial charge in [0.2, 0.25) is 0 Å². The molecule has 0 aromatic carbocycles. The summed E-state index contributed by atoms with van der Waals surface area (Å²) in [6.45, 7) is 8.17. The van der Waals surface area contributed by atoms with Crippen LogP contribution in [0.4, 0.5) is 0 Å². The van der Waals surface area contributed by atoms with Gasteiger partial charge < -0.3 is 0 Å².